The molecule has 1 heterocycles. The van der Waals surface area contributed by atoms with Gasteiger partial charge < -0.3 is 9.31 Å². The molecule has 2 fully saturated rings. The molecule has 5 rings (SSSR count). The summed E-state index contributed by atoms with van der Waals surface area (Å²) < 4.78 is 12.6. The molecule has 4 heteroatoms. The van der Waals surface area contributed by atoms with Crippen molar-refractivity contribution in [2.75, 3.05) is 0 Å². The Morgan fingerprint density at radius 3 is 2.14 bits per heavy atom. The SMILES string of the molecule is CC1(C)OB(c2ccc3c(c2)-c2ccc(Cl)cc2C32CCCCC2)OC1(C)C. The van der Waals surface area contributed by atoms with Gasteiger partial charge in [0.05, 0.1) is 11.2 Å². The van der Waals surface area contributed by atoms with Crippen molar-refractivity contribution in [2.45, 2.75) is 76.4 Å². The van der Waals surface area contributed by atoms with Crippen LogP contribution >= 0.6 is 11.6 Å². The predicted molar refractivity (Wildman–Crippen MR) is 116 cm³/mol. The topological polar surface area (TPSA) is 18.5 Å². The molecule has 0 N–H and O–H groups in total. The van der Waals surface area contributed by atoms with E-state index in [1.54, 1.807) is 0 Å². The van der Waals surface area contributed by atoms with Gasteiger partial charge in [0.15, 0.2) is 0 Å². The largest absolute Gasteiger partial charge is 0.494 e. The number of hydrogen-bond acceptors (Lipinski definition) is 2. The zero-order chi connectivity index (χ0) is 19.7. The van der Waals surface area contributed by atoms with E-state index in [0.717, 1.165) is 10.5 Å². The Hall–Kier alpha value is -1.29. The van der Waals surface area contributed by atoms with Crippen LogP contribution in [0.4, 0.5) is 0 Å². The summed E-state index contributed by atoms with van der Waals surface area (Å²) in [6, 6.07) is 13.3. The Balaban J connectivity index is 1.62. The van der Waals surface area contributed by atoms with E-state index in [-0.39, 0.29) is 23.7 Å². The first-order valence-electron chi connectivity index (χ1n) is 10.5. The fourth-order valence-corrected chi connectivity index (χ4v) is 5.49. The van der Waals surface area contributed by atoms with Crippen LogP contribution in [0, 0.1) is 0 Å². The highest BCUT2D eigenvalue weighted by molar-refractivity contribution is 6.62. The van der Waals surface area contributed by atoms with Crippen LogP contribution in [0.2, 0.25) is 5.02 Å². The van der Waals surface area contributed by atoms with Crippen LogP contribution < -0.4 is 5.46 Å². The molecule has 0 radical (unpaired) electrons. The summed E-state index contributed by atoms with van der Waals surface area (Å²) in [5.41, 5.74) is 6.12. The molecule has 2 aliphatic carbocycles. The smallest absolute Gasteiger partial charge is 0.399 e. The Morgan fingerprint density at radius 1 is 0.786 bits per heavy atom. The van der Waals surface area contributed by atoms with Crippen LogP contribution in [0.15, 0.2) is 36.4 Å². The zero-order valence-electron chi connectivity index (χ0n) is 17.3. The minimum atomic E-state index is -0.327. The Kier molecular flexibility index (Phi) is 4.08. The fourth-order valence-electron chi connectivity index (χ4n) is 5.31. The summed E-state index contributed by atoms with van der Waals surface area (Å²) in [5.74, 6) is 0. The van der Waals surface area contributed by atoms with E-state index in [1.165, 1.54) is 54.4 Å². The molecule has 0 atom stereocenters. The number of halogens is 1. The maximum absolute atomic E-state index is 6.43. The fraction of sp³-hybridized carbons (Fsp3) is 0.500. The van der Waals surface area contributed by atoms with E-state index in [0.29, 0.717) is 0 Å². The number of rotatable bonds is 1. The van der Waals surface area contributed by atoms with Gasteiger partial charge in [0.25, 0.3) is 0 Å². The van der Waals surface area contributed by atoms with Crippen molar-refractivity contribution in [3.8, 4) is 11.1 Å². The van der Waals surface area contributed by atoms with Gasteiger partial charge in [0.2, 0.25) is 0 Å². The van der Waals surface area contributed by atoms with Crippen molar-refractivity contribution >= 4 is 24.2 Å². The number of benzene rings is 2. The molecule has 1 saturated carbocycles. The highest BCUT2D eigenvalue weighted by atomic mass is 35.5. The lowest BCUT2D eigenvalue weighted by atomic mass is 9.67. The average molecular weight is 395 g/mol. The van der Waals surface area contributed by atoms with Crippen LogP contribution in [-0.2, 0) is 14.7 Å². The summed E-state index contributed by atoms with van der Waals surface area (Å²) in [4.78, 5) is 0. The number of hydrogen-bond donors (Lipinski definition) is 0. The zero-order valence-corrected chi connectivity index (χ0v) is 18.0. The summed E-state index contributed by atoms with van der Waals surface area (Å²) >= 11 is 6.43. The van der Waals surface area contributed by atoms with Crippen LogP contribution in [0.25, 0.3) is 11.1 Å². The lowest BCUT2D eigenvalue weighted by Gasteiger charge is -2.36. The van der Waals surface area contributed by atoms with E-state index in [1.807, 2.05) is 6.07 Å². The van der Waals surface area contributed by atoms with Crippen molar-refractivity contribution in [2.24, 2.45) is 0 Å². The van der Waals surface area contributed by atoms with Gasteiger partial charge in [-0.05, 0) is 80.4 Å². The quantitative estimate of drug-likeness (QED) is 0.563. The highest BCUT2D eigenvalue weighted by Gasteiger charge is 2.52. The molecular weight excluding hydrogens is 367 g/mol. The molecule has 1 spiro atoms. The van der Waals surface area contributed by atoms with Crippen molar-refractivity contribution in [1.82, 2.24) is 0 Å². The molecule has 146 valence electrons. The second-order valence-electron chi connectivity index (χ2n) is 9.73. The van der Waals surface area contributed by atoms with E-state index >= 15 is 0 Å². The van der Waals surface area contributed by atoms with Gasteiger partial charge in [-0.1, -0.05) is 55.1 Å². The predicted octanol–water partition coefficient (Wildman–Crippen LogP) is 5.87. The standard InChI is InChI=1S/C24H28BClO2/c1-22(2)23(3,4)28-25(27-22)16-8-11-20-19(14-16)18-10-9-17(26)15-21(18)24(20)12-6-5-7-13-24/h8-11,14-15H,5-7,12-13H2,1-4H3. The van der Waals surface area contributed by atoms with E-state index in [4.69, 9.17) is 20.9 Å². The van der Waals surface area contributed by atoms with Crippen molar-refractivity contribution in [1.29, 1.82) is 0 Å². The molecule has 1 saturated heterocycles. The van der Waals surface area contributed by atoms with Crippen molar-refractivity contribution < 1.29 is 9.31 Å². The molecule has 0 bridgehead atoms. The second kappa shape index (κ2) is 6.11. The highest BCUT2D eigenvalue weighted by Crippen LogP contribution is 2.56. The molecule has 1 aliphatic heterocycles. The van der Waals surface area contributed by atoms with Gasteiger partial charge >= 0.3 is 7.12 Å². The first-order chi connectivity index (χ1) is 13.2. The van der Waals surface area contributed by atoms with Crippen LogP contribution in [-0.4, -0.2) is 18.3 Å². The maximum Gasteiger partial charge on any atom is 0.494 e. The maximum atomic E-state index is 6.43. The van der Waals surface area contributed by atoms with Gasteiger partial charge in [0.1, 0.15) is 0 Å². The lowest BCUT2D eigenvalue weighted by molar-refractivity contribution is 0.00578. The summed E-state index contributed by atoms with van der Waals surface area (Å²) in [6.45, 7) is 8.42. The third kappa shape index (κ3) is 2.56. The minimum absolute atomic E-state index is 0.127. The van der Waals surface area contributed by atoms with Crippen LogP contribution in [0.5, 0.6) is 0 Å². The first-order valence-corrected chi connectivity index (χ1v) is 10.9. The van der Waals surface area contributed by atoms with Crippen LogP contribution in [0.3, 0.4) is 0 Å². The summed E-state index contributed by atoms with van der Waals surface area (Å²) in [5, 5.41) is 0.836. The third-order valence-electron chi connectivity index (χ3n) is 7.58. The Morgan fingerprint density at radius 2 is 1.46 bits per heavy atom. The van der Waals surface area contributed by atoms with Crippen LogP contribution in [0.1, 0.15) is 70.9 Å². The molecule has 2 aromatic carbocycles. The minimum Gasteiger partial charge on any atom is -0.399 e. The van der Waals surface area contributed by atoms with E-state index in [2.05, 4.69) is 58.0 Å². The summed E-state index contributed by atoms with van der Waals surface area (Å²) in [6.07, 6.45) is 6.32. The second-order valence-corrected chi connectivity index (χ2v) is 10.2. The van der Waals surface area contributed by atoms with Crippen molar-refractivity contribution in [3.05, 3.63) is 52.5 Å². The third-order valence-corrected chi connectivity index (χ3v) is 7.81. The first kappa shape index (κ1) is 18.7. The van der Waals surface area contributed by atoms with Gasteiger partial charge in [0, 0.05) is 10.4 Å². The Bertz CT molecular complexity index is 928. The molecule has 2 nitrogen and oxygen atoms in total. The number of fused-ring (bicyclic) bond motifs is 5. The Labute approximate surface area is 173 Å². The normalized spacial score (nSPS) is 23.7. The molecule has 0 unspecified atom stereocenters. The molecule has 28 heavy (non-hydrogen) atoms. The van der Waals surface area contributed by atoms with Gasteiger partial charge in [-0.15, -0.1) is 0 Å². The van der Waals surface area contributed by atoms with Gasteiger partial charge in [-0.3, -0.25) is 0 Å². The average Bonchev–Trinajstić information content (AvgIpc) is 3.03. The van der Waals surface area contributed by atoms with Gasteiger partial charge in [-0.25, -0.2) is 0 Å². The molecule has 0 aromatic heterocycles. The lowest BCUT2D eigenvalue weighted by Crippen LogP contribution is -2.41. The van der Waals surface area contributed by atoms with Gasteiger partial charge in [-0.2, -0.15) is 0 Å². The monoisotopic (exact) mass is 394 g/mol. The van der Waals surface area contributed by atoms with E-state index in [9.17, 15) is 0 Å². The van der Waals surface area contributed by atoms with E-state index < -0.39 is 0 Å². The van der Waals surface area contributed by atoms with Crippen molar-refractivity contribution in [3.63, 3.8) is 0 Å². The molecule has 3 aliphatic rings. The summed E-state index contributed by atoms with van der Waals surface area (Å²) in [7, 11) is -0.325. The molecule has 0 amide bonds. The molecular formula is C24H28BClO2. The molecule has 2 aromatic rings.